The summed E-state index contributed by atoms with van der Waals surface area (Å²) in [6.07, 6.45) is 7.53. The Morgan fingerprint density at radius 1 is 1.29 bits per heavy atom. The van der Waals surface area contributed by atoms with E-state index in [1.807, 2.05) is 12.1 Å². The topological polar surface area (TPSA) is 46.3 Å². The first-order chi connectivity index (χ1) is 11.5. The second-order valence-corrected chi connectivity index (χ2v) is 7.91. The SMILES string of the molecule is CCc1cc(C(N)=O)ccc1C[C@@H]1[C@H](C)CCCN1[C@H](C)C1CC1. The molecule has 0 unspecified atom stereocenters. The summed E-state index contributed by atoms with van der Waals surface area (Å²) >= 11 is 0. The van der Waals surface area contributed by atoms with Gasteiger partial charge < -0.3 is 5.73 Å². The van der Waals surface area contributed by atoms with Crippen molar-refractivity contribution < 1.29 is 4.79 Å². The van der Waals surface area contributed by atoms with Crippen LogP contribution < -0.4 is 5.73 Å². The second-order valence-electron chi connectivity index (χ2n) is 7.91. The molecule has 1 amide bonds. The number of hydrogen-bond acceptors (Lipinski definition) is 2. The highest BCUT2D eigenvalue weighted by Crippen LogP contribution is 2.39. The molecule has 1 aromatic rings. The Bertz CT molecular complexity index is 594. The summed E-state index contributed by atoms with van der Waals surface area (Å²) in [6.45, 7) is 8.26. The number of primary amides is 1. The molecule has 1 aliphatic carbocycles. The van der Waals surface area contributed by atoms with Crippen molar-refractivity contribution in [3.63, 3.8) is 0 Å². The summed E-state index contributed by atoms with van der Waals surface area (Å²) in [5.74, 6) is 1.33. The van der Waals surface area contributed by atoms with Crippen LogP contribution in [-0.4, -0.2) is 29.4 Å². The van der Waals surface area contributed by atoms with E-state index in [0.717, 1.165) is 24.7 Å². The van der Waals surface area contributed by atoms with E-state index in [1.165, 1.54) is 43.4 Å². The maximum atomic E-state index is 11.5. The number of benzene rings is 1. The lowest BCUT2D eigenvalue weighted by Crippen LogP contribution is -2.50. The minimum Gasteiger partial charge on any atom is -0.366 e. The lowest BCUT2D eigenvalue weighted by Gasteiger charge is -2.44. The van der Waals surface area contributed by atoms with E-state index in [4.69, 9.17) is 5.73 Å². The van der Waals surface area contributed by atoms with Gasteiger partial charge in [0.25, 0.3) is 0 Å². The molecule has 0 radical (unpaired) electrons. The normalized spacial score (nSPS) is 26.3. The molecule has 1 saturated heterocycles. The summed E-state index contributed by atoms with van der Waals surface area (Å²) in [6, 6.07) is 7.38. The molecular weight excluding hydrogens is 296 g/mol. The summed E-state index contributed by atoms with van der Waals surface area (Å²) in [5.41, 5.74) is 8.76. The molecule has 0 spiro atoms. The third kappa shape index (κ3) is 3.66. The Balaban J connectivity index is 1.82. The number of carbonyl (C=O) groups is 1. The van der Waals surface area contributed by atoms with Crippen LogP contribution in [0.15, 0.2) is 18.2 Å². The Hall–Kier alpha value is -1.35. The highest BCUT2D eigenvalue weighted by Gasteiger charge is 2.38. The smallest absolute Gasteiger partial charge is 0.248 e. The second kappa shape index (κ2) is 7.26. The molecule has 132 valence electrons. The molecule has 1 heterocycles. The van der Waals surface area contributed by atoms with E-state index in [0.29, 0.717) is 17.6 Å². The highest BCUT2D eigenvalue weighted by atomic mass is 16.1. The number of likely N-dealkylation sites (tertiary alicyclic amines) is 1. The van der Waals surface area contributed by atoms with Crippen LogP contribution in [0.5, 0.6) is 0 Å². The van der Waals surface area contributed by atoms with Crippen molar-refractivity contribution in [1.82, 2.24) is 4.90 Å². The van der Waals surface area contributed by atoms with Crippen LogP contribution in [-0.2, 0) is 12.8 Å². The molecule has 1 aliphatic heterocycles. The number of amides is 1. The van der Waals surface area contributed by atoms with Crippen LogP contribution in [0.2, 0.25) is 0 Å². The number of nitrogens with two attached hydrogens (primary N) is 1. The van der Waals surface area contributed by atoms with Crippen molar-refractivity contribution in [2.75, 3.05) is 6.54 Å². The monoisotopic (exact) mass is 328 g/mol. The standard InChI is InChI=1S/C21H32N2O/c1-4-16-12-19(21(22)24)10-9-18(16)13-20-14(2)6-5-11-23(20)15(3)17-7-8-17/h9-10,12,14-15,17,20H,4-8,11,13H2,1-3H3,(H2,22,24)/t14-,15-,20-/m1/s1. The average molecular weight is 329 g/mol. The number of carbonyl (C=O) groups excluding carboxylic acids is 1. The minimum atomic E-state index is -0.328. The maximum Gasteiger partial charge on any atom is 0.248 e. The summed E-state index contributed by atoms with van der Waals surface area (Å²) < 4.78 is 0. The van der Waals surface area contributed by atoms with E-state index in [1.54, 1.807) is 0 Å². The lowest BCUT2D eigenvalue weighted by atomic mass is 9.83. The molecule has 3 atom stereocenters. The fraction of sp³-hybridized carbons (Fsp3) is 0.667. The predicted octanol–water partition coefficient (Wildman–Crippen LogP) is 3.79. The molecule has 2 aliphatic rings. The van der Waals surface area contributed by atoms with Crippen molar-refractivity contribution in [2.24, 2.45) is 17.6 Å². The van der Waals surface area contributed by atoms with Gasteiger partial charge in [0, 0.05) is 17.6 Å². The first-order valence-electron chi connectivity index (χ1n) is 9.68. The van der Waals surface area contributed by atoms with Gasteiger partial charge in [-0.3, -0.25) is 9.69 Å². The van der Waals surface area contributed by atoms with E-state index in [-0.39, 0.29) is 5.91 Å². The van der Waals surface area contributed by atoms with Gasteiger partial charge in [-0.2, -0.15) is 0 Å². The third-order valence-electron chi connectivity index (χ3n) is 6.29. The highest BCUT2D eigenvalue weighted by molar-refractivity contribution is 5.93. The first kappa shape index (κ1) is 17.5. The summed E-state index contributed by atoms with van der Waals surface area (Å²) in [7, 11) is 0. The van der Waals surface area contributed by atoms with Crippen molar-refractivity contribution in [1.29, 1.82) is 0 Å². The van der Waals surface area contributed by atoms with E-state index >= 15 is 0 Å². The van der Waals surface area contributed by atoms with Crippen LogP contribution in [0.3, 0.4) is 0 Å². The summed E-state index contributed by atoms with van der Waals surface area (Å²) in [5, 5.41) is 0. The summed E-state index contributed by atoms with van der Waals surface area (Å²) in [4.78, 5) is 14.2. The van der Waals surface area contributed by atoms with Gasteiger partial charge in [-0.05, 0) is 87.1 Å². The van der Waals surface area contributed by atoms with Gasteiger partial charge in [0.15, 0.2) is 0 Å². The van der Waals surface area contributed by atoms with Crippen molar-refractivity contribution in [2.45, 2.75) is 71.4 Å². The average Bonchev–Trinajstić information content (AvgIpc) is 3.41. The Labute approximate surface area is 146 Å². The fourth-order valence-electron chi connectivity index (χ4n) is 4.49. The molecule has 3 heteroatoms. The molecule has 3 nitrogen and oxygen atoms in total. The van der Waals surface area contributed by atoms with Gasteiger partial charge in [0.05, 0.1) is 0 Å². The molecular formula is C21H32N2O. The molecule has 0 bridgehead atoms. The molecule has 24 heavy (non-hydrogen) atoms. The number of hydrogen-bond donors (Lipinski definition) is 1. The van der Waals surface area contributed by atoms with Gasteiger partial charge in [-0.25, -0.2) is 0 Å². The Morgan fingerprint density at radius 3 is 2.67 bits per heavy atom. The van der Waals surface area contributed by atoms with Crippen LogP contribution >= 0.6 is 0 Å². The Kier molecular flexibility index (Phi) is 5.29. The Morgan fingerprint density at radius 2 is 2.04 bits per heavy atom. The number of aryl methyl sites for hydroxylation is 1. The predicted molar refractivity (Wildman–Crippen MR) is 99.1 cm³/mol. The number of rotatable bonds is 6. The van der Waals surface area contributed by atoms with Crippen LogP contribution in [0.4, 0.5) is 0 Å². The quantitative estimate of drug-likeness (QED) is 0.863. The third-order valence-corrected chi connectivity index (χ3v) is 6.29. The van der Waals surface area contributed by atoms with E-state index < -0.39 is 0 Å². The van der Waals surface area contributed by atoms with Gasteiger partial charge in [0.1, 0.15) is 0 Å². The fourth-order valence-corrected chi connectivity index (χ4v) is 4.49. The zero-order valence-electron chi connectivity index (χ0n) is 15.4. The molecule has 0 aromatic heterocycles. The first-order valence-corrected chi connectivity index (χ1v) is 9.68. The van der Waals surface area contributed by atoms with Crippen LogP contribution in [0, 0.1) is 11.8 Å². The van der Waals surface area contributed by atoms with Crippen molar-refractivity contribution in [3.05, 3.63) is 34.9 Å². The minimum absolute atomic E-state index is 0.328. The van der Waals surface area contributed by atoms with E-state index in [2.05, 4.69) is 31.7 Å². The largest absolute Gasteiger partial charge is 0.366 e. The number of piperidine rings is 1. The van der Waals surface area contributed by atoms with Gasteiger partial charge in [-0.1, -0.05) is 19.9 Å². The lowest BCUT2D eigenvalue weighted by molar-refractivity contribution is 0.0551. The van der Waals surface area contributed by atoms with Gasteiger partial charge >= 0.3 is 0 Å². The van der Waals surface area contributed by atoms with Gasteiger partial charge in [-0.15, -0.1) is 0 Å². The van der Waals surface area contributed by atoms with Crippen molar-refractivity contribution in [3.8, 4) is 0 Å². The molecule has 2 N–H and O–H groups in total. The van der Waals surface area contributed by atoms with E-state index in [9.17, 15) is 4.79 Å². The zero-order valence-corrected chi connectivity index (χ0v) is 15.4. The zero-order chi connectivity index (χ0) is 17.3. The van der Waals surface area contributed by atoms with Crippen LogP contribution in [0.25, 0.3) is 0 Å². The van der Waals surface area contributed by atoms with Gasteiger partial charge in [0.2, 0.25) is 5.91 Å². The van der Waals surface area contributed by atoms with Crippen molar-refractivity contribution >= 4 is 5.91 Å². The molecule has 1 saturated carbocycles. The molecule has 1 aromatic carbocycles. The molecule has 3 rings (SSSR count). The molecule has 2 fully saturated rings. The number of nitrogens with zero attached hydrogens (tertiary/aromatic N) is 1. The maximum absolute atomic E-state index is 11.5. The van der Waals surface area contributed by atoms with Crippen LogP contribution in [0.1, 0.15) is 67.9 Å².